The van der Waals surface area contributed by atoms with Gasteiger partial charge >= 0.3 is 12.3 Å². The minimum Gasteiger partial charge on any atom is -0.427 e. The van der Waals surface area contributed by atoms with Gasteiger partial charge in [0.1, 0.15) is 24.9 Å². The van der Waals surface area contributed by atoms with Crippen molar-refractivity contribution in [2.24, 2.45) is 0 Å². The van der Waals surface area contributed by atoms with Crippen LogP contribution in [0.5, 0.6) is 0 Å². The van der Waals surface area contributed by atoms with Crippen LogP contribution in [0.3, 0.4) is 0 Å². The van der Waals surface area contributed by atoms with Crippen LogP contribution in [0, 0.1) is 5.82 Å². The molecule has 0 bridgehead atoms. The van der Waals surface area contributed by atoms with Gasteiger partial charge in [-0.15, -0.1) is 0 Å². The molecule has 0 radical (unpaired) electrons. The van der Waals surface area contributed by atoms with E-state index in [2.05, 4.69) is 10.4 Å². The van der Waals surface area contributed by atoms with Crippen LogP contribution in [0.25, 0.3) is 11.1 Å². The van der Waals surface area contributed by atoms with Crippen molar-refractivity contribution in [1.29, 1.82) is 0 Å². The normalized spacial score (nSPS) is 18.5. The van der Waals surface area contributed by atoms with Crippen molar-refractivity contribution in [2.75, 3.05) is 13.6 Å². The summed E-state index contributed by atoms with van der Waals surface area (Å²) in [6, 6.07) is 7.52. The molecular weight excluding hydrogens is 574 g/mol. The maximum absolute atomic E-state index is 13.7. The minimum atomic E-state index is -4.80. The minimum absolute atomic E-state index is 0.0344. The monoisotopic (exact) mass is 601 g/mol. The van der Waals surface area contributed by atoms with Crippen molar-refractivity contribution in [3.63, 3.8) is 0 Å². The van der Waals surface area contributed by atoms with Crippen molar-refractivity contribution in [1.82, 2.24) is 24.9 Å². The number of nitrogens with one attached hydrogen (secondary N) is 1. The van der Waals surface area contributed by atoms with Crippen molar-refractivity contribution in [3.8, 4) is 11.1 Å². The van der Waals surface area contributed by atoms with E-state index >= 15 is 0 Å². The molecule has 14 heteroatoms. The van der Waals surface area contributed by atoms with Gasteiger partial charge < -0.3 is 15.0 Å². The molecule has 1 N–H and O–H groups in total. The molecular formula is C29H27F4N5O5. The highest BCUT2D eigenvalue weighted by Crippen LogP contribution is 2.46. The summed E-state index contributed by atoms with van der Waals surface area (Å²) in [7, 11) is 1.52. The first-order valence-corrected chi connectivity index (χ1v) is 13.3. The number of fused-ring (bicyclic) bond motifs is 2. The van der Waals surface area contributed by atoms with Crippen molar-refractivity contribution >= 4 is 23.8 Å². The van der Waals surface area contributed by atoms with Crippen molar-refractivity contribution < 1.29 is 41.5 Å². The third kappa shape index (κ3) is 5.68. The smallest absolute Gasteiger partial charge is 0.418 e. The van der Waals surface area contributed by atoms with Crippen LogP contribution in [0.15, 0.2) is 54.9 Å². The lowest BCUT2D eigenvalue weighted by atomic mass is 9.93. The summed E-state index contributed by atoms with van der Waals surface area (Å²) in [5.74, 6) is -2.78. The van der Waals surface area contributed by atoms with E-state index < -0.39 is 54.6 Å². The van der Waals surface area contributed by atoms with Gasteiger partial charge in [-0.3, -0.25) is 19.1 Å². The van der Waals surface area contributed by atoms with Crippen LogP contribution in [-0.2, 0) is 44.2 Å². The predicted molar refractivity (Wildman–Crippen MR) is 142 cm³/mol. The molecule has 43 heavy (non-hydrogen) atoms. The highest BCUT2D eigenvalue weighted by atomic mass is 19.4. The number of alkyl halides is 3. The second-order valence-electron chi connectivity index (χ2n) is 10.4. The van der Waals surface area contributed by atoms with Gasteiger partial charge in [0.05, 0.1) is 6.20 Å². The summed E-state index contributed by atoms with van der Waals surface area (Å²) in [5.41, 5.74) is 1.14. The molecule has 1 fully saturated rings. The molecule has 1 aliphatic carbocycles. The maximum Gasteiger partial charge on any atom is 0.418 e. The fourth-order valence-electron chi connectivity index (χ4n) is 5.29. The number of benzene rings is 2. The average molecular weight is 602 g/mol. The largest absolute Gasteiger partial charge is 0.427 e. The zero-order chi connectivity index (χ0) is 31.1. The number of likely N-dealkylation sites (N-methyl/N-ethyl adjacent to an activating group) is 1. The van der Waals surface area contributed by atoms with Gasteiger partial charge in [-0.05, 0) is 42.2 Å². The first kappa shape index (κ1) is 29.7. The molecule has 1 aromatic heterocycles. The van der Waals surface area contributed by atoms with E-state index in [1.807, 2.05) is 6.07 Å². The van der Waals surface area contributed by atoms with E-state index in [1.54, 1.807) is 24.5 Å². The number of aromatic nitrogens is 2. The summed E-state index contributed by atoms with van der Waals surface area (Å²) in [4.78, 5) is 52.4. The number of aryl methyl sites for hydroxylation is 1. The zero-order valence-electron chi connectivity index (χ0n) is 23.2. The standard InChI is InChI=1S/C29H27F4N5O5/c1-17(29(31,32)33)37(13-18-3-6-22(30)7-4-18)25(40)16-38-26(41)28(43-27(38)42)10-9-20-11-19(5-8-23(20)28)21-12-35-36(14-21)15-24(39)34-2/h3-8,11-12,14,17H,9-10,13,15-16H2,1-2H3,(H,34,39)/t17-,28+/m0/s1. The van der Waals surface area contributed by atoms with Crippen LogP contribution >= 0.6 is 0 Å². The molecule has 1 spiro atoms. The van der Waals surface area contributed by atoms with Crippen LogP contribution in [0.1, 0.15) is 30.0 Å². The third-order valence-electron chi connectivity index (χ3n) is 7.73. The Balaban J connectivity index is 1.36. The number of carbonyl (C=O) groups is 4. The van der Waals surface area contributed by atoms with E-state index in [1.165, 1.54) is 23.9 Å². The van der Waals surface area contributed by atoms with E-state index in [0.717, 1.165) is 35.7 Å². The van der Waals surface area contributed by atoms with Gasteiger partial charge in [-0.25, -0.2) is 14.1 Å². The lowest BCUT2D eigenvalue weighted by Crippen LogP contribution is -2.51. The molecule has 3 aromatic rings. The molecule has 2 heterocycles. The Morgan fingerprint density at radius 3 is 2.51 bits per heavy atom. The van der Waals surface area contributed by atoms with Gasteiger partial charge in [0, 0.05) is 37.3 Å². The van der Waals surface area contributed by atoms with Gasteiger partial charge in [-0.1, -0.05) is 30.3 Å². The molecule has 5 rings (SSSR count). The first-order valence-electron chi connectivity index (χ1n) is 13.3. The number of hydrogen-bond donors (Lipinski definition) is 1. The summed E-state index contributed by atoms with van der Waals surface area (Å²) < 4.78 is 61.4. The lowest BCUT2D eigenvalue weighted by Gasteiger charge is -2.31. The maximum atomic E-state index is 13.7. The Labute approximate surface area is 243 Å². The molecule has 2 aromatic carbocycles. The second-order valence-corrected chi connectivity index (χ2v) is 10.4. The molecule has 2 aliphatic rings. The highest BCUT2D eigenvalue weighted by molar-refractivity contribution is 6.06. The van der Waals surface area contributed by atoms with Crippen LogP contribution in [-0.4, -0.2) is 69.2 Å². The van der Waals surface area contributed by atoms with Gasteiger partial charge in [-0.2, -0.15) is 18.3 Å². The molecule has 0 unspecified atom stereocenters. The molecule has 1 saturated heterocycles. The van der Waals surface area contributed by atoms with E-state index in [4.69, 9.17) is 4.74 Å². The van der Waals surface area contributed by atoms with Crippen LogP contribution < -0.4 is 5.32 Å². The quantitative estimate of drug-likeness (QED) is 0.396. The molecule has 226 valence electrons. The predicted octanol–water partition coefficient (Wildman–Crippen LogP) is 3.54. The summed E-state index contributed by atoms with van der Waals surface area (Å²) in [6.45, 7) is -0.654. The second kappa shape index (κ2) is 11.2. The Morgan fingerprint density at radius 1 is 1.12 bits per heavy atom. The molecule has 10 nitrogen and oxygen atoms in total. The lowest BCUT2D eigenvalue weighted by molar-refractivity contribution is -0.187. The summed E-state index contributed by atoms with van der Waals surface area (Å²) in [6.07, 6.45) is -2.20. The van der Waals surface area contributed by atoms with E-state index in [-0.39, 0.29) is 24.4 Å². The van der Waals surface area contributed by atoms with E-state index in [9.17, 15) is 36.7 Å². The number of hydrogen-bond acceptors (Lipinski definition) is 6. The number of imide groups is 1. The number of rotatable bonds is 8. The molecule has 2 atom stereocenters. The average Bonchev–Trinajstić information content (AvgIpc) is 3.64. The summed E-state index contributed by atoms with van der Waals surface area (Å²) >= 11 is 0. The number of halogens is 4. The number of amides is 4. The molecule has 4 amide bonds. The van der Waals surface area contributed by atoms with Gasteiger partial charge in [0.2, 0.25) is 17.4 Å². The van der Waals surface area contributed by atoms with Gasteiger partial charge in [0.25, 0.3) is 5.91 Å². The Kier molecular flexibility index (Phi) is 7.71. The zero-order valence-corrected chi connectivity index (χ0v) is 23.2. The van der Waals surface area contributed by atoms with Gasteiger partial charge in [0.15, 0.2) is 0 Å². The Hall–Kier alpha value is -4.75. The molecule has 1 aliphatic heterocycles. The Morgan fingerprint density at radius 2 is 1.84 bits per heavy atom. The fraction of sp³-hybridized carbons (Fsp3) is 0.345. The SMILES string of the molecule is CNC(=O)Cn1cc(-c2ccc3c(c2)CC[C@@]32OC(=O)N(CC(=O)N(Cc3ccc(F)cc3)[C@@H](C)C(F)(F)F)C2=O)cn1. The number of nitrogens with zero attached hydrogens (tertiary/aromatic N) is 4. The van der Waals surface area contributed by atoms with Crippen LogP contribution in [0.4, 0.5) is 22.4 Å². The van der Waals surface area contributed by atoms with Crippen LogP contribution in [0.2, 0.25) is 0 Å². The fourth-order valence-corrected chi connectivity index (χ4v) is 5.29. The number of carbonyl (C=O) groups excluding carboxylic acids is 4. The van der Waals surface area contributed by atoms with Crippen molar-refractivity contribution in [3.05, 3.63) is 77.4 Å². The first-order chi connectivity index (χ1) is 20.3. The summed E-state index contributed by atoms with van der Waals surface area (Å²) in [5, 5.41) is 6.69. The number of ether oxygens (including phenoxy) is 1. The molecule has 0 saturated carbocycles. The van der Waals surface area contributed by atoms with E-state index in [0.29, 0.717) is 21.8 Å². The highest BCUT2D eigenvalue weighted by Gasteiger charge is 2.58. The Bertz CT molecular complexity index is 1590. The topological polar surface area (TPSA) is 114 Å². The third-order valence-corrected chi connectivity index (χ3v) is 7.73. The van der Waals surface area contributed by atoms with Crippen molar-refractivity contribution in [2.45, 2.75) is 50.7 Å².